The predicted molar refractivity (Wildman–Crippen MR) is 179 cm³/mol. The summed E-state index contributed by atoms with van der Waals surface area (Å²) in [5, 5.41) is 12.4. The van der Waals surface area contributed by atoms with E-state index in [2.05, 4.69) is 146 Å². The van der Waals surface area contributed by atoms with Crippen LogP contribution in [0.15, 0.2) is 144 Å². The zero-order valence-corrected chi connectivity index (χ0v) is 23.2. The Morgan fingerprint density at radius 1 is 0.381 bits per heavy atom. The molecule has 1 nitrogen and oxygen atoms in total. The van der Waals surface area contributed by atoms with Crippen molar-refractivity contribution >= 4 is 65.0 Å². The molecule has 0 saturated carbocycles. The van der Waals surface area contributed by atoms with Gasteiger partial charge in [0.25, 0.3) is 0 Å². The first kappa shape index (κ1) is 23.3. The second-order valence-corrected chi connectivity index (χ2v) is 11.3. The van der Waals surface area contributed by atoms with Gasteiger partial charge in [-0.25, -0.2) is 0 Å². The lowest BCUT2D eigenvalue weighted by atomic mass is 9.85. The number of fused-ring (bicyclic) bond motifs is 7. The van der Waals surface area contributed by atoms with Crippen molar-refractivity contribution in [2.75, 3.05) is 0 Å². The van der Waals surface area contributed by atoms with E-state index in [4.69, 9.17) is 4.42 Å². The summed E-state index contributed by atoms with van der Waals surface area (Å²) in [7, 11) is 0. The summed E-state index contributed by atoms with van der Waals surface area (Å²) >= 11 is 0. The summed E-state index contributed by atoms with van der Waals surface area (Å²) in [6.07, 6.45) is 0. The smallest absolute Gasteiger partial charge is 0.138 e. The second-order valence-electron chi connectivity index (χ2n) is 11.3. The molecule has 0 unspecified atom stereocenters. The van der Waals surface area contributed by atoms with Crippen molar-refractivity contribution in [3.05, 3.63) is 145 Å². The highest BCUT2D eigenvalue weighted by Gasteiger charge is 2.18. The number of benzene rings is 8. The molecule has 0 amide bonds. The summed E-state index contributed by atoms with van der Waals surface area (Å²) in [6.45, 7) is 2.17. The molecular weight excluding hydrogens is 508 g/mol. The van der Waals surface area contributed by atoms with Crippen LogP contribution >= 0.6 is 0 Å². The van der Waals surface area contributed by atoms with Crippen LogP contribution in [-0.2, 0) is 0 Å². The van der Waals surface area contributed by atoms with E-state index in [-0.39, 0.29) is 0 Å². The molecule has 1 aromatic heterocycles. The van der Waals surface area contributed by atoms with Gasteiger partial charge in [0.1, 0.15) is 11.2 Å². The van der Waals surface area contributed by atoms with Crippen LogP contribution in [0.3, 0.4) is 0 Å². The van der Waals surface area contributed by atoms with Gasteiger partial charge in [0, 0.05) is 16.3 Å². The minimum atomic E-state index is 0.925. The fourth-order valence-corrected chi connectivity index (χ4v) is 7.03. The average Bonchev–Trinajstić information content (AvgIpc) is 3.41. The highest BCUT2D eigenvalue weighted by molar-refractivity contribution is 6.22. The van der Waals surface area contributed by atoms with E-state index in [1.165, 1.54) is 76.3 Å². The van der Waals surface area contributed by atoms with E-state index in [1.807, 2.05) is 0 Å². The van der Waals surface area contributed by atoms with Gasteiger partial charge in [0.15, 0.2) is 0 Å². The predicted octanol–water partition coefficient (Wildman–Crippen LogP) is 11.8. The van der Waals surface area contributed by atoms with Crippen LogP contribution in [0.25, 0.3) is 87.3 Å². The Kier molecular flexibility index (Phi) is 4.88. The van der Waals surface area contributed by atoms with Crippen LogP contribution < -0.4 is 0 Å². The molecule has 0 spiro atoms. The Morgan fingerprint density at radius 2 is 0.905 bits per heavy atom. The molecule has 0 fully saturated rings. The maximum Gasteiger partial charge on any atom is 0.138 e. The summed E-state index contributed by atoms with van der Waals surface area (Å²) in [4.78, 5) is 0. The molecule has 0 aliphatic heterocycles. The maximum absolute atomic E-state index is 6.47. The van der Waals surface area contributed by atoms with E-state index in [1.54, 1.807) is 0 Å². The lowest BCUT2D eigenvalue weighted by molar-refractivity contribution is 0.666. The molecule has 1 heteroatoms. The van der Waals surface area contributed by atoms with Gasteiger partial charge in [-0.15, -0.1) is 0 Å². The Morgan fingerprint density at radius 3 is 1.57 bits per heavy atom. The normalized spacial score (nSPS) is 11.9. The molecule has 0 N–H and O–H groups in total. The first-order chi connectivity index (χ1) is 20.7. The zero-order chi connectivity index (χ0) is 27.8. The monoisotopic (exact) mass is 534 g/mol. The van der Waals surface area contributed by atoms with Crippen LogP contribution in [0, 0.1) is 6.92 Å². The SMILES string of the molecule is Cc1c2ccccc2cc2c1oc1ccc(-c3c4ccccc4c(-c4ccc5ccccc5c4)c4ccccc34)cc12. The van der Waals surface area contributed by atoms with Gasteiger partial charge in [-0.3, -0.25) is 0 Å². The summed E-state index contributed by atoms with van der Waals surface area (Å²) < 4.78 is 6.47. The highest BCUT2D eigenvalue weighted by atomic mass is 16.3. The van der Waals surface area contributed by atoms with E-state index < -0.39 is 0 Å². The van der Waals surface area contributed by atoms with Crippen molar-refractivity contribution in [2.24, 2.45) is 0 Å². The number of hydrogen-bond acceptors (Lipinski definition) is 1. The first-order valence-corrected chi connectivity index (χ1v) is 14.5. The molecule has 0 saturated heterocycles. The summed E-state index contributed by atoms with van der Waals surface area (Å²) in [5.74, 6) is 0. The largest absolute Gasteiger partial charge is 0.456 e. The van der Waals surface area contributed by atoms with Crippen molar-refractivity contribution in [3.63, 3.8) is 0 Å². The lowest BCUT2D eigenvalue weighted by Gasteiger charge is -2.18. The Balaban J connectivity index is 1.37. The van der Waals surface area contributed by atoms with Gasteiger partial charge < -0.3 is 4.42 Å². The van der Waals surface area contributed by atoms with Crippen LogP contribution in [0.5, 0.6) is 0 Å². The van der Waals surface area contributed by atoms with Crippen LogP contribution in [0.1, 0.15) is 5.56 Å². The van der Waals surface area contributed by atoms with Gasteiger partial charge in [-0.2, -0.15) is 0 Å². The topological polar surface area (TPSA) is 13.1 Å². The quantitative estimate of drug-likeness (QED) is 0.201. The molecule has 196 valence electrons. The van der Waals surface area contributed by atoms with Gasteiger partial charge in [-0.05, 0) is 96.5 Å². The third-order valence-electron chi connectivity index (χ3n) is 8.99. The summed E-state index contributed by atoms with van der Waals surface area (Å²) in [5.41, 5.74) is 8.08. The number of rotatable bonds is 2. The van der Waals surface area contributed by atoms with Gasteiger partial charge in [0.2, 0.25) is 0 Å². The molecule has 9 aromatic rings. The Hall–Kier alpha value is -5.40. The van der Waals surface area contributed by atoms with Crippen LogP contribution in [0.2, 0.25) is 0 Å². The minimum absolute atomic E-state index is 0.925. The molecule has 42 heavy (non-hydrogen) atoms. The van der Waals surface area contributed by atoms with E-state index in [0.29, 0.717) is 0 Å². The van der Waals surface area contributed by atoms with Crippen LogP contribution in [0.4, 0.5) is 0 Å². The fraction of sp³-hybridized carbons (Fsp3) is 0.0244. The van der Waals surface area contributed by atoms with Crippen molar-refractivity contribution in [1.82, 2.24) is 0 Å². The number of hydrogen-bond donors (Lipinski definition) is 0. The molecule has 0 atom stereocenters. The van der Waals surface area contributed by atoms with E-state index >= 15 is 0 Å². The van der Waals surface area contributed by atoms with Gasteiger partial charge >= 0.3 is 0 Å². The second kappa shape index (κ2) is 8.80. The summed E-state index contributed by atoms with van der Waals surface area (Å²) in [6, 6.07) is 50.7. The Labute approximate surface area is 243 Å². The first-order valence-electron chi connectivity index (χ1n) is 14.5. The van der Waals surface area contributed by atoms with Crippen molar-refractivity contribution in [2.45, 2.75) is 6.92 Å². The molecule has 1 heterocycles. The average molecular weight is 535 g/mol. The standard InChI is InChI=1S/C41H26O/c1-25-31-13-5-4-12-28(31)23-37-36-24-30(20-21-38(36)42-41(25)37)40-34-16-8-6-14-32(34)39(33-15-7-9-17-35(33)40)29-19-18-26-10-2-3-11-27(26)22-29/h2-24H,1H3. The number of aryl methyl sites for hydroxylation is 1. The van der Waals surface area contributed by atoms with Crippen LogP contribution in [-0.4, -0.2) is 0 Å². The van der Waals surface area contributed by atoms with Gasteiger partial charge in [-0.1, -0.05) is 115 Å². The van der Waals surface area contributed by atoms with Crippen molar-refractivity contribution in [3.8, 4) is 22.3 Å². The minimum Gasteiger partial charge on any atom is -0.456 e. The number of furan rings is 1. The molecular formula is C41H26O. The highest BCUT2D eigenvalue weighted by Crippen LogP contribution is 2.45. The Bertz CT molecular complexity index is 2470. The van der Waals surface area contributed by atoms with E-state index in [0.717, 1.165) is 16.6 Å². The molecule has 0 aliphatic carbocycles. The fourth-order valence-electron chi connectivity index (χ4n) is 7.03. The lowest BCUT2D eigenvalue weighted by Crippen LogP contribution is -1.91. The third-order valence-corrected chi connectivity index (χ3v) is 8.99. The zero-order valence-electron chi connectivity index (χ0n) is 23.2. The molecule has 9 rings (SSSR count). The van der Waals surface area contributed by atoms with E-state index in [9.17, 15) is 0 Å². The van der Waals surface area contributed by atoms with Gasteiger partial charge in [0.05, 0.1) is 0 Å². The van der Waals surface area contributed by atoms with Crippen molar-refractivity contribution < 1.29 is 4.42 Å². The molecule has 0 bridgehead atoms. The molecule has 8 aromatic carbocycles. The molecule has 0 radical (unpaired) electrons. The third kappa shape index (κ3) is 3.31. The van der Waals surface area contributed by atoms with Crippen molar-refractivity contribution in [1.29, 1.82) is 0 Å². The maximum atomic E-state index is 6.47. The molecule has 0 aliphatic rings.